The van der Waals surface area contributed by atoms with Crippen LogP contribution in [-0.4, -0.2) is 32.9 Å². The molecule has 174 valence electrons. The van der Waals surface area contributed by atoms with Crippen LogP contribution in [0.1, 0.15) is 35.2 Å². The monoisotopic (exact) mass is 483 g/mol. The van der Waals surface area contributed by atoms with Crippen molar-refractivity contribution in [2.45, 2.75) is 32.4 Å². The smallest absolute Gasteiger partial charge is 0.301 e. The van der Waals surface area contributed by atoms with E-state index in [0.717, 1.165) is 27.1 Å². The number of aliphatic hydroxyl groups excluding tert-OH is 1. The summed E-state index contributed by atoms with van der Waals surface area (Å²) in [5.41, 5.74) is 3.87. The number of aliphatic hydroxyl groups is 1. The topological polar surface area (TPSA) is 92.6 Å². The molecule has 2 aliphatic rings. The molecule has 0 radical (unpaired) electrons. The number of aromatic nitrogens is 2. The van der Waals surface area contributed by atoms with Gasteiger partial charge >= 0.3 is 5.91 Å². The highest BCUT2D eigenvalue weighted by Gasteiger charge is 2.48. The van der Waals surface area contributed by atoms with E-state index in [0.29, 0.717) is 22.7 Å². The number of hydrogen-bond donors (Lipinski definition) is 1. The molecule has 0 unspecified atom stereocenters. The molecule has 1 saturated heterocycles. The molecule has 4 heterocycles. The van der Waals surface area contributed by atoms with Crippen molar-refractivity contribution in [2.75, 3.05) is 4.90 Å². The largest absolute Gasteiger partial charge is 0.507 e. The third-order valence-corrected chi connectivity index (χ3v) is 7.37. The number of carbonyl (C=O) groups is 2. The summed E-state index contributed by atoms with van der Waals surface area (Å²) < 4.78 is 6.68. The second-order valence-electron chi connectivity index (χ2n) is 8.88. The van der Waals surface area contributed by atoms with E-state index in [1.165, 1.54) is 16.2 Å². The Bertz CT molecular complexity index is 1540. The number of carbonyl (C=O) groups excluding carboxylic acids is 2. The third kappa shape index (κ3) is 3.49. The highest BCUT2D eigenvalue weighted by Crippen LogP contribution is 2.44. The van der Waals surface area contributed by atoms with Gasteiger partial charge < -0.3 is 9.84 Å². The lowest BCUT2D eigenvalue weighted by molar-refractivity contribution is -0.132. The first kappa shape index (κ1) is 21.5. The Morgan fingerprint density at radius 1 is 1.17 bits per heavy atom. The van der Waals surface area contributed by atoms with Gasteiger partial charge in [0, 0.05) is 24.4 Å². The average molecular weight is 484 g/mol. The van der Waals surface area contributed by atoms with E-state index in [4.69, 9.17) is 4.74 Å². The summed E-state index contributed by atoms with van der Waals surface area (Å²) in [7, 11) is 0. The van der Waals surface area contributed by atoms with Gasteiger partial charge in [-0.3, -0.25) is 19.5 Å². The van der Waals surface area contributed by atoms with Crippen LogP contribution in [0.25, 0.3) is 16.0 Å². The highest BCUT2D eigenvalue weighted by atomic mass is 32.1. The Morgan fingerprint density at radius 2 is 2.03 bits per heavy atom. The number of nitrogens with zero attached hydrogens (tertiary/aromatic N) is 3. The normalized spacial score (nSPS) is 20.9. The summed E-state index contributed by atoms with van der Waals surface area (Å²) in [6.07, 6.45) is 3.98. The number of aryl methyl sites for hydroxylation is 1. The van der Waals surface area contributed by atoms with Crippen molar-refractivity contribution < 1.29 is 19.4 Å². The van der Waals surface area contributed by atoms with Crippen molar-refractivity contribution in [3.05, 3.63) is 88.8 Å². The predicted octanol–water partition coefficient (Wildman–Crippen LogP) is 4.95. The Balaban J connectivity index is 1.53. The molecule has 35 heavy (non-hydrogen) atoms. The quantitative estimate of drug-likeness (QED) is 0.252. The van der Waals surface area contributed by atoms with Crippen LogP contribution in [0.3, 0.4) is 0 Å². The SMILES string of the molecule is Cc1ccc2nc(N3C(=O)C(=O)/C(=C(/O)c4ccc5c(c4)C[C@H](C)O5)[C@H]3c3cccnc3)sc2c1. The van der Waals surface area contributed by atoms with Crippen molar-refractivity contribution in [3.8, 4) is 5.75 Å². The van der Waals surface area contributed by atoms with Crippen LogP contribution in [0.5, 0.6) is 5.75 Å². The molecule has 0 spiro atoms. The first-order valence-corrected chi connectivity index (χ1v) is 12.1. The minimum absolute atomic E-state index is 0.0188. The maximum Gasteiger partial charge on any atom is 0.301 e. The molecule has 2 aromatic heterocycles. The number of ether oxygens (including phenoxy) is 1. The van der Waals surface area contributed by atoms with E-state index in [9.17, 15) is 14.7 Å². The van der Waals surface area contributed by atoms with E-state index in [1.807, 2.05) is 38.1 Å². The zero-order chi connectivity index (χ0) is 24.3. The Labute approximate surface area is 205 Å². The molecule has 4 aromatic rings. The molecule has 0 aliphatic carbocycles. The number of fused-ring (bicyclic) bond motifs is 2. The first-order valence-electron chi connectivity index (χ1n) is 11.3. The summed E-state index contributed by atoms with van der Waals surface area (Å²) in [6.45, 7) is 3.97. The molecule has 8 heteroatoms. The van der Waals surface area contributed by atoms with Gasteiger partial charge in [-0.15, -0.1) is 0 Å². The second-order valence-corrected chi connectivity index (χ2v) is 9.89. The van der Waals surface area contributed by atoms with E-state index in [1.54, 1.807) is 36.7 Å². The van der Waals surface area contributed by atoms with Crippen LogP contribution < -0.4 is 9.64 Å². The van der Waals surface area contributed by atoms with E-state index >= 15 is 0 Å². The molecule has 6 rings (SSSR count). The van der Waals surface area contributed by atoms with Gasteiger partial charge in [-0.2, -0.15) is 0 Å². The molecule has 1 fully saturated rings. The number of ketones is 1. The van der Waals surface area contributed by atoms with Crippen LogP contribution in [0, 0.1) is 6.92 Å². The summed E-state index contributed by atoms with van der Waals surface area (Å²) in [6, 6.07) is 13.9. The molecule has 1 amide bonds. The minimum atomic E-state index is -0.853. The Hall–Kier alpha value is -4.04. The van der Waals surface area contributed by atoms with Crippen LogP contribution in [0.15, 0.2) is 66.5 Å². The standard InChI is InChI=1S/C27H21N3O4S/c1-14-5-7-19-21(10-14)35-27(29-19)30-23(17-4-3-9-28-13-17)22(25(32)26(30)33)24(31)16-6-8-20-18(12-16)11-15(2)34-20/h3-10,12-13,15,23,31H,11H2,1-2H3/b24-22+/t15-,23+/m0/s1. The number of rotatable bonds is 3. The molecular weight excluding hydrogens is 462 g/mol. The van der Waals surface area contributed by atoms with E-state index < -0.39 is 17.7 Å². The minimum Gasteiger partial charge on any atom is -0.507 e. The van der Waals surface area contributed by atoms with Gasteiger partial charge in [0.05, 0.1) is 21.8 Å². The molecule has 0 saturated carbocycles. The maximum absolute atomic E-state index is 13.4. The predicted molar refractivity (Wildman–Crippen MR) is 134 cm³/mol. The first-order chi connectivity index (χ1) is 16.9. The molecule has 7 nitrogen and oxygen atoms in total. The lowest BCUT2D eigenvalue weighted by Crippen LogP contribution is -2.29. The number of hydrogen-bond acceptors (Lipinski definition) is 7. The second kappa shape index (κ2) is 8.02. The number of Topliss-reactive ketones (excluding diaryl/α,β-unsaturated/α-hetero) is 1. The average Bonchev–Trinajstić information content (AvgIpc) is 3.51. The zero-order valence-corrected chi connectivity index (χ0v) is 19.9. The molecular formula is C27H21N3O4S. The molecule has 2 aliphatic heterocycles. The highest BCUT2D eigenvalue weighted by molar-refractivity contribution is 7.22. The zero-order valence-electron chi connectivity index (χ0n) is 19.1. The summed E-state index contributed by atoms with van der Waals surface area (Å²) in [5.74, 6) is -0.937. The van der Waals surface area contributed by atoms with Crippen LogP contribution in [-0.2, 0) is 16.0 Å². The van der Waals surface area contributed by atoms with Gasteiger partial charge in [-0.1, -0.05) is 23.5 Å². The van der Waals surface area contributed by atoms with Crippen molar-refractivity contribution in [1.82, 2.24) is 9.97 Å². The van der Waals surface area contributed by atoms with Gasteiger partial charge in [-0.25, -0.2) is 4.98 Å². The Morgan fingerprint density at radius 3 is 2.83 bits per heavy atom. The number of thiazole rings is 1. The summed E-state index contributed by atoms with van der Waals surface area (Å²) >= 11 is 1.34. The summed E-state index contributed by atoms with van der Waals surface area (Å²) in [5, 5.41) is 11.8. The van der Waals surface area contributed by atoms with Crippen LogP contribution >= 0.6 is 11.3 Å². The van der Waals surface area contributed by atoms with Crippen LogP contribution in [0.2, 0.25) is 0 Å². The fraction of sp³-hybridized carbons (Fsp3) is 0.185. The van der Waals surface area contributed by atoms with Crippen LogP contribution in [0.4, 0.5) is 5.13 Å². The number of anilines is 1. The van der Waals surface area contributed by atoms with Gasteiger partial charge in [0.25, 0.3) is 5.78 Å². The fourth-order valence-electron chi connectivity index (χ4n) is 4.73. The number of pyridine rings is 1. The maximum atomic E-state index is 13.4. The van der Waals surface area contributed by atoms with Crippen molar-refractivity contribution in [3.63, 3.8) is 0 Å². The summed E-state index contributed by atoms with van der Waals surface area (Å²) in [4.78, 5) is 37.0. The van der Waals surface area contributed by atoms with Gasteiger partial charge in [-0.05, 0) is 66.9 Å². The molecule has 1 N–H and O–H groups in total. The van der Waals surface area contributed by atoms with Crippen molar-refractivity contribution in [1.29, 1.82) is 0 Å². The number of amides is 1. The Kier molecular flexibility index (Phi) is 4.93. The van der Waals surface area contributed by atoms with Crippen molar-refractivity contribution in [2.24, 2.45) is 0 Å². The van der Waals surface area contributed by atoms with E-state index in [2.05, 4.69) is 9.97 Å². The fourth-order valence-corrected chi connectivity index (χ4v) is 5.82. The lowest BCUT2D eigenvalue weighted by Gasteiger charge is -2.22. The molecule has 0 bridgehead atoms. The number of benzene rings is 2. The molecule has 2 aromatic carbocycles. The third-order valence-electron chi connectivity index (χ3n) is 6.35. The van der Waals surface area contributed by atoms with Gasteiger partial charge in [0.1, 0.15) is 17.6 Å². The van der Waals surface area contributed by atoms with Gasteiger partial charge in [0.2, 0.25) is 0 Å². The molecule has 2 atom stereocenters. The van der Waals surface area contributed by atoms with Crippen molar-refractivity contribution >= 4 is 44.1 Å². The lowest BCUT2D eigenvalue weighted by atomic mass is 9.95. The van der Waals surface area contributed by atoms with Gasteiger partial charge in [0.15, 0.2) is 5.13 Å². The van der Waals surface area contributed by atoms with E-state index in [-0.39, 0.29) is 17.4 Å².